The van der Waals surface area contributed by atoms with Gasteiger partial charge in [-0.05, 0) is 94.5 Å². The predicted octanol–water partition coefficient (Wildman–Crippen LogP) is 9.62. The molecule has 1 N–H and O–H groups in total. The zero-order valence-electron chi connectivity index (χ0n) is 20.0. The molecule has 1 aliphatic carbocycles. The maximum Gasteiger partial charge on any atom is 0.0384 e. The van der Waals surface area contributed by atoms with Gasteiger partial charge in [0, 0.05) is 11.4 Å². The molecular weight excluding hydrogens is 422 g/mol. The van der Waals surface area contributed by atoms with Crippen molar-refractivity contribution in [2.75, 3.05) is 5.32 Å². The molecule has 0 heterocycles. The van der Waals surface area contributed by atoms with Gasteiger partial charge in [0.1, 0.15) is 0 Å². The summed E-state index contributed by atoms with van der Waals surface area (Å²) in [5, 5.41) is 3.56. The standard InChI is InChI=1S/C34H29N/c1-24-8-5-6-11-31(24)33-13-7-12-32(34(33)28-14-15-28)27-18-22-30(23-19-27)35-29-20-16-26(17-21-29)25-9-3-2-4-10-25/h2-13,16-23,28,35H,14-15H2,1H3. The third-order valence-corrected chi connectivity index (χ3v) is 7.00. The molecule has 0 radical (unpaired) electrons. The first-order chi connectivity index (χ1) is 17.3. The van der Waals surface area contributed by atoms with E-state index in [0.29, 0.717) is 5.92 Å². The second kappa shape index (κ2) is 9.27. The molecule has 0 spiro atoms. The summed E-state index contributed by atoms with van der Waals surface area (Å²) in [5.41, 5.74) is 12.9. The van der Waals surface area contributed by atoms with Crippen molar-refractivity contribution in [1.82, 2.24) is 0 Å². The van der Waals surface area contributed by atoms with E-state index in [1.54, 1.807) is 0 Å². The smallest absolute Gasteiger partial charge is 0.0384 e. The van der Waals surface area contributed by atoms with Gasteiger partial charge in [-0.3, -0.25) is 0 Å². The molecular formula is C34H29N. The lowest BCUT2D eigenvalue weighted by Gasteiger charge is -2.17. The number of nitrogens with one attached hydrogen (secondary N) is 1. The van der Waals surface area contributed by atoms with Crippen LogP contribution in [0.3, 0.4) is 0 Å². The third-order valence-electron chi connectivity index (χ3n) is 7.00. The summed E-state index contributed by atoms with van der Waals surface area (Å²) in [6.45, 7) is 2.21. The Labute approximate surface area is 208 Å². The van der Waals surface area contributed by atoms with Crippen molar-refractivity contribution >= 4 is 11.4 Å². The fourth-order valence-electron chi connectivity index (χ4n) is 5.02. The maximum atomic E-state index is 3.56. The van der Waals surface area contributed by atoms with Crippen LogP contribution >= 0.6 is 0 Å². The summed E-state index contributed by atoms with van der Waals surface area (Å²) in [4.78, 5) is 0. The highest BCUT2D eigenvalue weighted by Gasteiger charge is 2.29. The summed E-state index contributed by atoms with van der Waals surface area (Å²) in [7, 11) is 0. The van der Waals surface area contributed by atoms with E-state index in [0.717, 1.165) is 11.4 Å². The first-order valence-electron chi connectivity index (χ1n) is 12.5. The van der Waals surface area contributed by atoms with Crippen molar-refractivity contribution in [2.24, 2.45) is 0 Å². The van der Waals surface area contributed by atoms with Crippen molar-refractivity contribution in [3.63, 3.8) is 0 Å². The molecule has 1 nitrogen and oxygen atoms in total. The van der Waals surface area contributed by atoms with Crippen molar-refractivity contribution in [3.8, 4) is 33.4 Å². The van der Waals surface area contributed by atoms with Crippen LogP contribution in [0.25, 0.3) is 33.4 Å². The van der Waals surface area contributed by atoms with Crippen LogP contribution in [0, 0.1) is 6.92 Å². The second-order valence-electron chi connectivity index (χ2n) is 9.50. The molecule has 5 aromatic carbocycles. The number of aryl methyl sites for hydroxylation is 1. The van der Waals surface area contributed by atoms with E-state index in [2.05, 4.69) is 134 Å². The molecule has 1 heteroatoms. The number of rotatable bonds is 6. The van der Waals surface area contributed by atoms with Gasteiger partial charge < -0.3 is 5.32 Å². The molecule has 0 saturated heterocycles. The van der Waals surface area contributed by atoms with Crippen LogP contribution in [-0.4, -0.2) is 0 Å². The normalized spacial score (nSPS) is 12.9. The Kier molecular flexibility index (Phi) is 5.68. The molecule has 1 fully saturated rings. The molecule has 0 bridgehead atoms. The van der Waals surface area contributed by atoms with Crippen LogP contribution in [0.5, 0.6) is 0 Å². The van der Waals surface area contributed by atoms with Crippen LogP contribution < -0.4 is 5.32 Å². The van der Waals surface area contributed by atoms with Gasteiger partial charge in [-0.2, -0.15) is 0 Å². The zero-order chi connectivity index (χ0) is 23.6. The lowest BCUT2D eigenvalue weighted by Crippen LogP contribution is -1.95. The maximum absolute atomic E-state index is 3.56. The Bertz CT molecular complexity index is 1440. The van der Waals surface area contributed by atoms with E-state index in [-0.39, 0.29) is 0 Å². The van der Waals surface area contributed by atoms with Crippen LogP contribution in [0.1, 0.15) is 29.9 Å². The van der Waals surface area contributed by atoms with E-state index in [9.17, 15) is 0 Å². The van der Waals surface area contributed by atoms with E-state index in [1.807, 2.05) is 0 Å². The summed E-state index contributed by atoms with van der Waals surface area (Å²) < 4.78 is 0. The van der Waals surface area contributed by atoms with E-state index >= 15 is 0 Å². The van der Waals surface area contributed by atoms with Gasteiger partial charge in [-0.1, -0.05) is 97.1 Å². The highest BCUT2D eigenvalue weighted by molar-refractivity contribution is 5.82. The minimum absolute atomic E-state index is 0.668. The van der Waals surface area contributed by atoms with Crippen molar-refractivity contribution in [3.05, 3.63) is 132 Å². The minimum atomic E-state index is 0.668. The van der Waals surface area contributed by atoms with Gasteiger partial charge >= 0.3 is 0 Å². The van der Waals surface area contributed by atoms with Gasteiger partial charge in [0.15, 0.2) is 0 Å². The number of hydrogen-bond acceptors (Lipinski definition) is 1. The predicted molar refractivity (Wildman–Crippen MR) is 149 cm³/mol. The second-order valence-corrected chi connectivity index (χ2v) is 9.50. The highest BCUT2D eigenvalue weighted by Crippen LogP contribution is 2.49. The van der Waals surface area contributed by atoms with E-state index in [4.69, 9.17) is 0 Å². The first-order valence-corrected chi connectivity index (χ1v) is 12.5. The SMILES string of the molecule is Cc1ccccc1-c1cccc(-c2ccc(Nc3ccc(-c4ccccc4)cc3)cc2)c1C1CC1. The third kappa shape index (κ3) is 4.50. The summed E-state index contributed by atoms with van der Waals surface area (Å²) >= 11 is 0. The average molecular weight is 452 g/mol. The number of hydrogen-bond donors (Lipinski definition) is 1. The number of benzene rings is 5. The van der Waals surface area contributed by atoms with Crippen molar-refractivity contribution in [1.29, 1.82) is 0 Å². The molecule has 35 heavy (non-hydrogen) atoms. The Morgan fingerprint density at radius 3 is 1.69 bits per heavy atom. The Hall–Kier alpha value is -4.10. The van der Waals surface area contributed by atoms with Gasteiger partial charge in [-0.15, -0.1) is 0 Å². The molecule has 170 valence electrons. The molecule has 0 amide bonds. The van der Waals surface area contributed by atoms with Crippen LogP contribution in [0.15, 0.2) is 121 Å². The Balaban J connectivity index is 1.27. The highest BCUT2D eigenvalue weighted by atomic mass is 14.9. The minimum Gasteiger partial charge on any atom is -0.356 e. The number of anilines is 2. The Morgan fingerprint density at radius 1 is 0.486 bits per heavy atom. The quantitative estimate of drug-likeness (QED) is 0.271. The van der Waals surface area contributed by atoms with E-state index < -0.39 is 0 Å². The molecule has 0 unspecified atom stereocenters. The van der Waals surface area contributed by atoms with Crippen molar-refractivity contribution < 1.29 is 0 Å². The van der Waals surface area contributed by atoms with Crippen LogP contribution in [0.4, 0.5) is 11.4 Å². The summed E-state index contributed by atoms with van der Waals surface area (Å²) in [5.74, 6) is 0.668. The summed E-state index contributed by atoms with van der Waals surface area (Å²) in [6, 6.07) is 43.6. The average Bonchev–Trinajstić information content (AvgIpc) is 3.76. The van der Waals surface area contributed by atoms with Crippen LogP contribution in [-0.2, 0) is 0 Å². The molecule has 5 aromatic rings. The van der Waals surface area contributed by atoms with Gasteiger partial charge in [0.05, 0.1) is 0 Å². The zero-order valence-corrected chi connectivity index (χ0v) is 20.0. The monoisotopic (exact) mass is 451 g/mol. The first kappa shape index (κ1) is 21.4. The van der Waals surface area contributed by atoms with Gasteiger partial charge in [0.2, 0.25) is 0 Å². The largest absolute Gasteiger partial charge is 0.356 e. The molecule has 1 aliphatic rings. The molecule has 0 atom stereocenters. The molecule has 6 rings (SSSR count). The fraction of sp³-hybridized carbons (Fsp3) is 0.118. The fourth-order valence-corrected chi connectivity index (χ4v) is 5.02. The summed E-state index contributed by atoms with van der Waals surface area (Å²) in [6.07, 6.45) is 2.57. The molecule has 1 saturated carbocycles. The van der Waals surface area contributed by atoms with Gasteiger partial charge in [-0.25, -0.2) is 0 Å². The van der Waals surface area contributed by atoms with Crippen molar-refractivity contribution in [2.45, 2.75) is 25.7 Å². The topological polar surface area (TPSA) is 12.0 Å². The van der Waals surface area contributed by atoms with E-state index in [1.165, 1.54) is 57.3 Å². The molecule has 0 aromatic heterocycles. The lowest BCUT2D eigenvalue weighted by molar-refractivity contribution is 1.13. The Morgan fingerprint density at radius 2 is 1.03 bits per heavy atom. The molecule has 0 aliphatic heterocycles. The van der Waals surface area contributed by atoms with Crippen LogP contribution in [0.2, 0.25) is 0 Å². The lowest BCUT2D eigenvalue weighted by atomic mass is 9.87. The van der Waals surface area contributed by atoms with Gasteiger partial charge in [0.25, 0.3) is 0 Å².